The van der Waals surface area contributed by atoms with Crippen molar-refractivity contribution in [2.45, 2.75) is 44.9 Å². The minimum absolute atomic E-state index is 1.07. The zero-order valence-corrected chi connectivity index (χ0v) is 9.35. The van der Waals surface area contributed by atoms with Crippen molar-refractivity contribution in [1.82, 2.24) is 0 Å². The molecule has 70 valence electrons. The first-order chi connectivity index (χ1) is 5.90. The summed E-state index contributed by atoms with van der Waals surface area (Å²) in [5.74, 6) is 3.32. The van der Waals surface area contributed by atoms with Gasteiger partial charge in [-0.3, -0.25) is 0 Å². The van der Waals surface area contributed by atoms with Crippen LogP contribution in [0.1, 0.15) is 44.9 Å². The van der Waals surface area contributed by atoms with E-state index in [1.165, 1.54) is 24.6 Å². The molecule has 0 aromatic heterocycles. The van der Waals surface area contributed by atoms with Crippen LogP contribution in [0.2, 0.25) is 0 Å². The summed E-state index contributed by atoms with van der Waals surface area (Å²) in [5, 5.41) is 1.22. The topological polar surface area (TPSA) is 0 Å². The van der Waals surface area contributed by atoms with Crippen LogP contribution in [0.5, 0.6) is 0 Å². The number of hydrogen-bond donors (Lipinski definition) is 0. The van der Waals surface area contributed by atoms with Gasteiger partial charge in [-0.2, -0.15) is 0 Å². The number of fused-ring (bicyclic) bond motifs is 1. The largest absolute Gasteiger partial charge is 0.0928 e. The highest BCUT2D eigenvalue weighted by molar-refractivity contribution is 9.09. The third-order valence-electron chi connectivity index (χ3n) is 3.86. The molecule has 1 heteroatoms. The van der Waals surface area contributed by atoms with Crippen LogP contribution in [0.4, 0.5) is 0 Å². The van der Waals surface area contributed by atoms with Crippen molar-refractivity contribution >= 4 is 15.9 Å². The Balaban J connectivity index is 1.85. The minimum Gasteiger partial charge on any atom is -0.0928 e. The number of alkyl halides is 1. The molecule has 0 amide bonds. The van der Waals surface area contributed by atoms with Crippen LogP contribution < -0.4 is 0 Å². The molecule has 2 atom stereocenters. The van der Waals surface area contributed by atoms with Gasteiger partial charge in [0, 0.05) is 5.33 Å². The molecule has 2 saturated carbocycles. The summed E-state index contributed by atoms with van der Waals surface area (Å²) in [7, 11) is 0. The van der Waals surface area contributed by atoms with Crippen LogP contribution >= 0.6 is 15.9 Å². The fourth-order valence-corrected chi connectivity index (χ4v) is 3.90. The quantitative estimate of drug-likeness (QED) is 0.630. The lowest BCUT2D eigenvalue weighted by Crippen LogP contribution is -2.12. The zero-order chi connectivity index (χ0) is 8.39. The molecule has 0 bridgehead atoms. The molecule has 0 radical (unpaired) electrons. The summed E-state index contributed by atoms with van der Waals surface area (Å²) in [6.45, 7) is 0. The summed E-state index contributed by atoms with van der Waals surface area (Å²) in [4.78, 5) is 0. The second kappa shape index (κ2) is 4.13. The van der Waals surface area contributed by atoms with E-state index in [1.807, 2.05) is 0 Å². The van der Waals surface area contributed by atoms with Gasteiger partial charge >= 0.3 is 0 Å². The second-order valence-corrected chi connectivity index (χ2v) is 5.41. The molecule has 0 spiro atoms. The van der Waals surface area contributed by atoms with Gasteiger partial charge in [-0.1, -0.05) is 41.6 Å². The van der Waals surface area contributed by atoms with Crippen LogP contribution in [0.15, 0.2) is 0 Å². The highest BCUT2D eigenvalue weighted by Crippen LogP contribution is 2.46. The van der Waals surface area contributed by atoms with Gasteiger partial charge in [0.15, 0.2) is 0 Å². The van der Waals surface area contributed by atoms with Crippen LogP contribution in [-0.4, -0.2) is 5.33 Å². The average molecular weight is 231 g/mol. The van der Waals surface area contributed by atoms with Crippen LogP contribution in [0.3, 0.4) is 0 Å². The SMILES string of the molecule is BrCCC1CC2CCCCC2C1. The molecule has 2 rings (SSSR count). The molecule has 2 aliphatic rings. The molecule has 2 fully saturated rings. The van der Waals surface area contributed by atoms with Crippen molar-refractivity contribution in [3.05, 3.63) is 0 Å². The van der Waals surface area contributed by atoms with Crippen molar-refractivity contribution in [2.24, 2.45) is 17.8 Å². The zero-order valence-electron chi connectivity index (χ0n) is 7.77. The van der Waals surface area contributed by atoms with Crippen molar-refractivity contribution < 1.29 is 0 Å². The first kappa shape index (κ1) is 9.05. The number of hydrogen-bond acceptors (Lipinski definition) is 0. The van der Waals surface area contributed by atoms with E-state index in [-0.39, 0.29) is 0 Å². The Morgan fingerprint density at radius 2 is 1.58 bits per heavy atom. The van der Waals surface area contributed by atoms with Gasteiger partial charge in [-0.15, -0.1) is 0 Å². The molecular weight excluding hydrogens is 212 g/mol. The molecule has 2 aliphatic carbocycles. The molecule has 0 heterocycles. The van der Waals surface area contributed by atoms with E-state index in [9.17, 15) is 0 Å². The van der Waals surface area contributed by atoms with Crippen LogP contribution in [0.25, 0.3) is 0 Å². The van der Waals surface area contributed by atoms with Gasteiger partial charge in [0.1, 0.15) is 0 Å². The van der Waals surface area contributed by atoms with E-state index in [0.29, 0.717) is 0 Å². The summed E-state index contributed by atoms with van der Waals surface area (Å²) in [6.07, 6.45) is 10.6. The molecule has 0 N–H and O–H groups in total. The maximum absolute atomic E-state index is 3.56. The molecule has 0 nitrogen and oxygen atoms in total. The highest BCUT2D eigenvalue weighted by Gasteiger charge is 2.34. The van der Waals surface area contributed by atoms with Gasteiger partial charge in [0.25, 0.3) is 0 Å². The Labute approximate surface area is 84.2 Å². The first-order valence-electron chi connectivity index (χ1n) is 5.46. The van der Waals surface area contributed by atoms with Crippen molar-refractivity contribution in [1.29, 1.82) is 0 Å². The van der Waals surface area contributed by atoms with E-state index >= 15 is 0 Å². The fraction of sp³-hybridized carbons (Fsp3) is 1.00. The molecule has 0 aliphatic heterocycles. The smallest absolute Gasteiger partial charge is 0.00339 e. The first-order valence-corrected chi connectivity index (χ1v) is 6.58. The normalized spacial score (nSPS) is 41.2. The Bertz CT molecular complexity index is 130. The van der Waals surface area contributed by atoms with Crippen molar-refractivity contribution in [3.63, 3.8) is 0 Å². The summed E-state index contributed by atoms with van der Waals surface area (Å²) < 4.78 is 0. The number of rotatable bonds is 2. The Morgan fingerprint density at radius 3 is 2.08 bits per heavy atom. The van der Waals surface area contributed by atoms with E-state index in [1.54, 1.807) is 25.7 Å². The molecule has 0 aromatic carbocycles. The fourth-order valence-electron chi connectivity index (χ4n) is 3.25. The van der Waals surface area contributed by atoms with Crippen LogP contribution in [0, 0.1) is 17.8 Å². The number of halogens is 1. The predicted octanol–water partition coefficient (Wildman–Crippen LogP) is 3.99. The minimum atomic E-state index is 1.07. The van der Waals surface area contributed by atoms with Gasteiger partial charge in [0.2, 0.25) is 0 Å². The molecule has 12 heavy (non-hydrogen) atoms. The third-order valence-corrected chi connectivity index (χ3v) is 4.31. The van der Waals surface area contributed by atoms with Gasteiger partial charge in [-0.05, 0) is 37.0 Å². The van der Waals surface area contributed by atoms with Gasteiger partial charge < -0.3 is 0 Å². The van der Waals surface area contributed by atoms with Gasteiger partial charge in [0.05, 0.1) is 0 Å². The van der Waals surface area contributed by atoms with Crippen molar-refractivity contribution in [3.8, 4) is 0 Å². The second-order valence-electron chi connectivity index (χ2n) is 4.62. The van der Waals surface area contributed by atoms with Crippen LogP contribution in [-0.2, 0) is 0 Å². The molecule has 0 saturated heterocycles. The lowest BCUT2D eigenvalue weighted by Gasteiger charge is -2.24. The van der Waals surface area contributed by atoms with Crippen molar-refractivity contribution in [2.75, 3.05) is 5.33 Å². The Kier molecular flexibility index (Phi) is 3.11. The third kappa shape index (κ3) is 1.86. The maximum atomic E-state index is 3.56. The monoisotopic (exact) mass is 230 g/mol. The van der Waals surface area contributed by atoms with E-state index in [0.717, 1.165) is 17.8 Å². The molecule has 2 unspecified atom stereocenters. The lowest BCUT2D eigenvalue weighted by atomic mass is 9.82. The Morgan fingerprint density at radius 1 is 1.00 bits per heavy atom. The van der Waals surface area contributed by atoms with E-state index in [2.05, 4.69) is 15.9 Å². The molecule has 0 aromatic rings. The van der Waals surface area contributed by atoms with Gasteiger partial charge in [-0.25, -0.2) is 0 Å². The average Bonchev–Trinajstić information content (AvgIpc) is 2.47. The summed E-state index contributed by atoms with van der Waals surface area (Å²) in [6, 6.07) is 0. The summed E-state index contributed by atoms with van der Waals surface area (Å²) >= 11 is 3.56. The summed E-state index contributed by atoms with van der Waals surface area (Å²) in [5.41, 5.74) is 0. The molecular formula is C11H19Br. The highest BCUT2D eigenvalue weighted by atomic mass is 79.9. The standard InChI is InChI=1S/C11H19Br/c12-6-5-9-7-10-3-1-2-4-11(10)8-9/h9-11H,1-8H2. The van der Waals surface area contributed by atoms with E-state index < -0.39 is 0 Å². The predicted molar refractivity (Wildman–Crippen MR) is 56.6 cm³/mol. The Hall–Kier alpha value is 0.480. The van der Waals surface area contributed by atoms with E-state index in [4.69, 9.17) is 0 Å². The lowest BCUT2D eigenvalue weighted by molar-refractivity contribution is 0.277. The maximum Gasteiger partial charge on any atom is 0.00339 e.